The lowest BCUT2D eigenvalue weighted by Crippen LogP contribution is -2.56. The molecule has 0 aliphatic carbocycles. The Bertz CT molecular complexity index is 367. The smallest absolute Gasteiger partial charge is 0.230 e. The molecule has 6 nitrogen and oxygen atoms in total. The van der Waals surface area contributed by atoms with E-state index in [1.807, 2.05) is 4.90 Å². The van der Waals surface area contributed by atoms with Crippen LogP contribution in [0.2, 0.25) is 0 Å². The molecule has 2 heterocycles. The minimum atomic E-state index is -0.462. The summed E-state index contributed by atoms with van der Waals surface area (Å²) >= 11 is 0. The van der Waals surface area contributed by atoms with Crippen molar-refractivity contribution in [2.24, 2.45) is 11.1 Å². The van der Waals surface area contributed by atoms with E-state index < -0.39 is 5.41 Å². The number of carbonyl (C=O) groups excluding carboxylic acids is 2. The highest BCUT2D eigenvalue weighted by atomic mass is 16.5. The van der Waals surface area contributed by atoms with Gasteiger partial charge in [-0.05, 0) is 25.7 Å². The molecule has 2 aliphatic rings. The van der Waals surface area contributed by atoms with E-state index in [-0.39, 0.29) is 17.9 Å². The number of nitrogens with one attached hydrogen (secondary N) is 1. The van der Waals surface area contributed by atoms with E-state index in [1.54, 1.807) is 0 Å². The molecule has 0 aromatic heterocycles. The number of likely N-dealkylation sites (tertiary alicyclic amines) is 1. The summed E-state index contributed by atoms with van der Waals surface area (Å²) in [5.41, 5.74) is 5.43. The van der Waals surface area contributed by atoms with Gasteiger partial charge in [0.05, 0.1) is 5.41 Å². The van der Waals surface area contributed by atoms with E-state index in [0.29, 0.717) is 39.1 Å². The highest BCUT2D eigenvalue weighted by Gasteiger charge is 2.42. The summed E-state index contributed by atoms with van der Waals surface area (Å²) in [6, 6.07) is 0.0693. The van der Waals surface area contributed by atoms with Crippen LogP contribution in [0.4, 0.5) is 0 Å². The molecule has 20 heavy (non-hydrogen) atoms. The van der Waals surface area contributed by atoms with Gasteiger partial charge in [0.2, 0.25) is 11.8 Å². The van der Waals surface area contributed by atoms with Crippen molar-refractivity contribution in [3.63, 3.8) is 0 Å². The summed E-state index contributed by atoms with van der Waals surface area (Å²) in [4.78, 5) is 25.9. The van der Waals surface area contributed by atoms with Gasteiger partial charge in [-0.15, -0.1) is 0 Å². The highest BCUT2D eigenvalue weighted by Crippen LogP contribution is 2.32. The monoisotopic (exact) mass is 283 g/mol. The topological polar surface area (TPSA) is 84.7 Å². The van der Waals surface area contributed by atoms with Crippen LogP contribution in [0, 0.1) is 5.41 Å². The fourth-order valence-electron chi connectivity index (χ4n) is 3.17. The summed E-state index contributed by atoms with van der Waals surface area (Å²) in [6.45, 7) is 4.45. The summed E-state index contributed by atoms with van der Waals surface area (Å²) in [7, 11) is 0. The van der Waals surface area contributed by atoms with Gasteiger partial charge in [0.1, 0.15) is 0 Å². The first-order valence-electron chi connectivity index (χ1n) is 7.42. The number of rotatable bonds is 3. The third-order valence-electron chi connectivity index (χ3n) is 4.41. The highest BCUT2D eigenvalue weighted by molar-refractivity contribution is 5.83. The van der Waals surface area contributed by atoms with Crippen LogP contribution in [0.15, 0.2) is 0 Å². The fourth-order valence-corrected chi connectivity index (χ4v) is 3.17. The molecule has 0 aromatic rings. The molecular weight excluding hydrogens is 258 g/mol. The molecule has 2 amide bonds. The molecule has 3 N–H and O–H groups in total. The van der Waals surface area contributed by atoms with Crippen LogP contribution < -0.4 is 11.1 Å². The Kier molecular flexibility index (Phi) is 4.99. The molecule has 0 bridgehead atoms. The number of carbonyl (C=O) groups is 2. The summed E-state index contributed by atoms with van der Waals surface area (Å²) in [5, 5.41) is 2.91. The normalized spacial score (nSPS) is 26.1. The van der Waals surface area contributed by atoms with Crippen molar-refractivity contribution in [3.05, 3.63) is 0 Å². The van der Waals surface area contributed by atoms with Gasteiger partial charge in [-0.2, -0.15) is 0 Å². The van der Waals surface area contributed by atoms with Gasteiger partial charge in [0.15, 0.2) is 0 Å². The van der Waals surface area contributed by atoms with E-state index in [1.165, 1.54) is 6.92 Å². The van der Waals surface area contributed by atoms with Crippen molar-refractivity contribution >= 4 is 11.8 Å². The Balaban J connectivity index is 2.01. The molecule has 6 heteroatoms. The second kappa shape index (κ2) is 6.54. The summed E-state index contributed by atoms with van der Waals surface area (Å²) in [6.07, 6.45) is 3.25. The van der Waals surface area contributed by atoms with Crippen molar-refractivity contribution in [1.82, 2.24) is 10.2 Å². The van der Waals surface area contributed by atoms with Crippen molar-refractivity contribution in [2.75, 3.05) is 32.8 Å². The maximum atomic E-state index is 12.8. The molecule has 2 saturated heterocycles. The molecule has 0 radical (unpaired) electrons. The van der Waals surface area contributed by atoms with E-state index in [4.69, 9.17) is 10.5 Å². The zero-order valence-corrected chi connectivity index (χ0v) is 12.2. The van der Waals surface area contributed by atoms with Gasteiger partial charge in [0.25, 0.3) is 0 Å². The minimum absolute atomic E-state index is 0.0381. The fraction of sp³-hybridized carbons (Fsp3) is 0.857. The molecule has 0 aromatic carbocycles. The Morgan fingerprint density at radius 3 is 2.70 bits per heavy atom. The van der Waals surface area contributed by atoms with Crippen molar-refractivity contribution in [1.29, 1.82) is 0 Å². The van der Waals surface area contributed by atoms with Crippen molar-refractivity contribution in [2.45, 2.75) is 38.6 Å². The average molecular weight is 283 g/mol. The number of piperidine rings is 1. The van der Waals surface area contributed by atoms with Gasteiger partial charge < -0.3 is 20.7 Å². The zero-order valence-electron chi connectivity index (χ0n) is 12.2. The Hall–Kier alpha value is -1.14. The molecule has 114 valence electrons. The molecule has 1 unspecified atom stereocenters. The van der Waals surface area contributed by atoms with Crippen LogP contribution in [0.5, 0.6) is 0 Å². The van der Waals surface area contributed by atoms with Gasteiger partial charge in [0, 0.05) is 45.8 Å². The van der Waals surface area contributed by atoms with Gasteiger partial charge in [-0.25, -0.2) is 0 Å². The van der Waals surface area contributed by atoms with Crippen LogP contribution in [-0.2, 0) is 14.3 Å². The molecule has 0 spiro atoms. The Morgan fingerprint density at radius 1 is 1.40 bits per heavy atom. The maximum Gasteiger partial charge on any atom is 0.230 e. The minimum Gasteiger partial charge on any atom is -0.381 e. The lowest BCUT2D eigenvalue weighted by molar-refractivity contribution is -0.149. The van der Waals surface area contributed by atoms with Crippen molar-refractivity contribution in [3.8, 4) is 0 Å². The largest absolute Gasteiger partial charge is 0.381 e. The Morgan fingerprint density at radius 2 is 2.10 bits per heavy atom. The molecule has 2 fully saturated rings. The van der Waals surface area contributed by atoms with E-state index in [2.05, 4.69) is 5.32 Å². The van der Waals surface area contributed by atoms with Crippen LogP contribution in [0.1, 0.15) is 32.6 Å². The maximum absolute atomic E-state index is 12.8. The molecule has 2 aliphatic heterocycles. The standard InChI is InChI=1S/C14H25N3O3/c1-11(18)16-12-3-2-6-17(9-12)13(19)14(10-15)4-7-20-8-5-14/h12H,2-10,15H2,1H3,(H,16,18). The third-order valence-corrected chi connectivity index (χ3v) is 4.41. The van der Waals surface area contributed by atoms with Gasteiger partial charge in [-0.3, -0.25) is 9.59 Å². The number of hydrogen-bond acceptors (Lipinski definition) is 4. The Labute approximate surface area is 120 Å². The first-order chi connectivity index (χ1) is 9.57. The number of ether oxygens (including phenoxy) is 1. The molecule has 1 atom stereocenters. The number of nitrogens with zero attached hydrogens (tertiary/aromatic N) is 1. The number of hydrogen-bond donors (Lipinski definition) is 2. The lowest BCUT2D eigenvalue weighted by atomic mass is 9.78. The SMILES string of the molecule is CC(=O)NC1CCCN(C(=O)C2(CN)CCOCC2)C1. The number of nitrogens with two attached hydrogens (primary N) is 1. The van der Waals surface area contributed by atoms with Crippen LogP contribution >= 0.6 is 0 Å². The molecule has 0 saturated carbocycles. The predicted molar refractivity (Wildman–Crippen MR) is 75.0 cm³/mol. The van der Waals surface area contributed by atoms with E-state index >= 15 is 0 Å². The van der Waals surface area contributed by atoms with Crippen LogP contribution in [0.3, 0.4) is 0 Å². The van der Waals surface area contributed by atoms with E-state index in [9.17, 15) is 9.59 Å². The summed E-state index contributed by atoms with van der Waals surface area (Å²) in [5.74, 6) is 0.0993. The van der Waals surface area contributed by atoms with Crippen LogP contribution in [0.25, 0.3) is 0 Å². The second-order valence-corrected chi connectivity index (χ2v) is 5.89. The van der Waals surface area contributed by atoms with E-state index in [0.717, 1.165) is 19.4 Å². The quantitative estimate of drug-likeness (QED) is 0.755. The predicted octanol–water partition coefficient (Wildman–Crippen LogP) is -0.131. The molecule has 2 rings (SSSR count). The average Bonchev–Trinajstić information content (AvgIpc) is 2.47. The third kappa shape index (κ3) is 3.30. The first kappa shape index (κ1) is 15.3. The van der Waals surface area contributed by atoms with Gasteiger partial charge >= 0.3 is 0 Å². The van der Waals surface area contributed by atoms with Crippen molar-refractivity contribution < 1.29 is 14.3 Å². The zero-order chi connectivity index (χ0) is 14.6. The van der Waals surface area contributed by atoms with Gasteiger partial charge in [-0.1, -0.05) is 0 Å². The summed E-state index contributed by atoms with van der Waals surface area (Å²) < 4.78 is 5.35. The first-order valence-corrected chi connectivity index (χ1v) is 7.42. The molecular formula is C14H25N3O3. The second-order valence-electron chi connectivity index (χ2n) is 5.89. The van der Waals surface area contributed by atoms with Crippen LogP contribution in [-0.4, -0.2) is 55.6 Å². The number of amides is 2. The lowest BCUT2D eigenvalue weighted by Gasteiger charge is -2.42.